The van der Waals surface area contributed by atoms with E-state index in [1.54, 1.807) is 0 Å². The normalized spacial score (nSPS) is 39.6. The molecule has 1 fully saturated rings. The maximum Gasteiger partial charge on any atom is 0.189 e. The average Bonchev–Trinajstić information content (AvgIpc) is 2.30. The van der Waals surface area contributed by atoms with Gasteiger partial charge in [-0.2, -0.15) is 0 Å². The van der Waals surface area contributed by atoms with Crippen LogP contribution in [0.2, 0.25) is 0 Å². The smallest absolute Gasteiger partial charge is 0.189 e. The highest BCUT2D eigenvalue weighted by molar-refractivity contribution is 4.89. The molecule has 16 heavy (non-hydrogen) atoms. The van der Waals surface area contributed by atoms with Crippen LogP contribution in [-0.4, -0.2) is 59.2 Å². The maximum absolute atomic E-state index is 9.66. The number of hydrogen-bond donors (Lipinski definition) is 4. The molecule has 0 aromatic heterocycles. The minimum Gasteiger partial charge on any atom is -0.394 e. The first-order chi connectivity index (χ1) is 7.65. The van der Waals surface area contributed by atoms with Crippen molar-refractivity contribution in [2.75, 3.05) is 13.2 Å². The van der Waals surface area contributed by atoms with Gasteiger partial charge in [0.25, 0.3) is 0 Å². The number of hydrogen-bond acceptors (Lipinski definition) is 7. The Morgan fingerprint density at radius 3 is 2.56 bits per heavy atom. The summed E-state index contributed by atoms with van der Waals surface area (Å²) in [5.41, 5.74) is 0. The highest BCUT2D eigenvalue weighted by Crippen LogP contribution is 2.23. The third-order valence-corrected chi connectivity index (χ3v) is 2.36. The Labute approximate surface area is 93.0 Å². The zero-order chi connectivity index (χ0) is 12.1. The molecule has 0 amide bonds. The lowest BCUT2D eigenvalue weighted by molar-refractivity contribution is -0.308. The van der Waals surface area contributed by atoms with Gasteiger partial charge in [-0.15, -0.1) is 6.58 Å². The molecule has 0 radical (unpaired) electrons. The second-order valence-electron chi connectivity index (χ2n) is 3.43. The summed E-state index contributed by atoms with van der Waals surface area (Å²) in [6.45, 7) is 3.19. The Kier molecular flexibility index (Phi) is 5.29. The minimum absolute atomic E-state index is 0.172. The molecule has 7 nitrogen and oxygen atoms in total. The summed E-state index contributed by atoms with van der Waals surface area (Å²) in [7, 11) is 0. The van der Waals surface area contributed by atoms with Crippen molar-refractivity contribution in [3.05, 3.63) is 12.7 Å². The molecule has 7 heteroatoms. The van der Waals surface area contributed by atoms with Gasteiger partial charge in [-0.1, -0.05) is 6.08 Å². The molecule has 1 heterocycles. The first-order valence-corrected chi connectivity index (χ1v) is 4.86. The summed E-state index contributed by atoms with van der Waals surface area (Å²) in [6.07, 6.45) is -3.98. The van der Waals surface area contributed by atoms with Gasteiger partial charge >= 0.3 is 0 Å². The summed E-state index contributed by atoms with van der Waals surface area (Å²) in [5.74, 6) is 4.99. The van der Waals surface area contributed by atoms with Gasteiger partial charge in [-0.25, -0.2) is 5.90 Å². The van der Waals surface area contributed by atoms with Crippen LogP contribution in [0.5, 0.6) is 0 Å². The molecule has 1 aliphatic heterocycles. The number of rotatable bonds is 5. The SMILES string of the molecule is C=CCOC1O[C@H](CO)[C@@H](O)[C@H](O)[C@H]1ON. The Bertz CT molecular complexity index is 226. The second kappa shape index (κ2) is 6.26. The van der Waals surface area contributed by atoms with E-state index >= 15 is 0 Å². The van der Waals surface area contributed by atoms with Crippen LogP contribution in [0.4, 0.5) is 0 Å². The van der Waals surface area contributed by atoms with Crippen molar-refractivity contribution in [1.82, 2.24) is 0 Å². The lowest BCUT2D eigenvalue weighted by Gasteiger charge is -2.40. The van der Waals surface area contributed by atoms with E-state index in [9.17, 15) is 10.2 Å². The van der Waals surface area contributed by atoms with Crippen molar-refractivity contribution in [2.45, 2.75) is 30.7 Å². The van der Waals surface area contributed by atoms with E-state index < -0.39 is 37.3 Å². The summed E-state index contributed by atoms with van der Waals surface area (Å²) in [4.78, 5) is 4.50. The molecule has 1 saturated heterocycles. The van der Waals surface area contributed by atoms with Crippen LogP contribution in [0.15, 0.2) is 12.7 Å². The van der Waals surface area contributed by atoms with E-state index in [-0.39, 0.29) is 6.61 Å². The molecule has 0 saturated carbocycles. The summed E-state index contributed by atoms with van der Waals surface area (Å²) in [5, 5.41) is 28.1. The van der Waals surface area contributed by atoms with Crippen molar-refractivity contribution in [3.8, 4) is 0 Å². The molecule has 0 aromatic rings. The van der Waals surface area contributed by atoms with Crippen LogP contribution >= 0.6 is 0 Å². The topological polar surface area (TPSA) is 114 Å². The van der Waals surface area contributed by atoms with Crippen molar-refractivity contribution in [2.24, 2.45) is 5.90 Å². The molecule has 0 spiro atoms. The summed E-state index contributed by atoms with van der Waals surface area (Å²) in [6, 6.07) is 0. The summed E-state index contributed by atoms with van der Waals surface area (Å²) < 4.78 is 10.3. The molecule has 0 bridgehead atoms. The maximum atomic E-state index is 9.66. The Balaban J connectivity index is 2.68. The lowest BCUT2D eigenvalue weighted by Crippen LogP contribution is -2.60. The van der Waals surface area contributed by atoms with E-state index in [0.717, 1.165) is 0 Å². The van der Waals surface area contributed by atoms with Crippen molar-refractivity contribution >= 4 is 0 Å². The molecule has 0 aliphatic carbocycles. The van der Waals surface area contributed by atoms with Crippen LogP contribution in [0, 0.1) is 0 Å². The van der Waals surface area contributed by atoms with Gasteiger partial charge in [-0.05, 0) is 0 Å². The Morgan fingerprint density at radius 2 is 2.06 bits per heavy atom. The quantitative estimate of drug-likeness (QED) is 0.318. The number of aliphatic hydroxyl groups is 3. The fourth-order valence-electron chi connectivity index (χ4n) is 1.50. The number of aliphatic hydroxyl groups excluding tert-OH is 3. The van der Waals surface area contributed by atoms with E-state index in [1.807, 2.05) is 0 Å². The molecule has 1 aliphatic rings. The number of nitrogens with two attached hydrogens (primary N) is 1. The minimum atomic E-state index is -1.29. The standard InChI is InChI=1S/C9H17NO6/c1-2-3-14-9-8(16-10)7(13)6(12)5(4-11)15-9/h2,5-9,11-13H,1,3-4,10H2/t5-,6-,7+,8-,9?/m1/s1. The largest absolute Gasteiger partial charge is 0.394 e. The molecule has 0 aromatic carbocycles. The predicted molar refractivity (Wildman–Crippen MR) is 53.0 cm³/mol. The van der Waals surface area contributed by atoms with E-state index in [2.05, 4.69) is 11.4 Å². The number of ether oxygens (including phenoxy) is 2. The fourth-order valence-corrected chi connectivity index (χ4v) is 1.50. The highest BCUT2D eigenvalue weighted by Gasteiger charge is 2.45. The van der Waals surface area contributed by atoms with Gasteiger partial charge in [0.05, 0.1) is 13.2 Å². The van der Waals surface area contributed by atoms with Gasteiger partial charge in [0.2, 0.25) is 0 Å². The first kappa shape index (κ1) is 13.5. The van der Waals surface area contributed by atoms with Crippen molar-refractivity contribution in [1.29, 1.82) is 0 Å². The predicted octanol–water partition coefficient (Wildman–Crippen LogP) is -2.11. The van der Waals surface area contributed by atoms with Crippen molar-refractivity contribution < 1.29 is 29.6 Å². The van der Waals surface area contributed by atoms with Crippen LogP contribution in [0.25, 0.3) is 0 Å². The molecule has 5 atom stereocenters. The Hall–Kier alpha value is -0.540. The zero-order valence-electron chi connectivity index (χ0n) is 8.73. The summed E-state index contributed by atoms with van der Waals surface area (Å²) >= 11 is 0. The van der Waals surface area contributed by atoms with Crippen LogP contribution in [0.3, 0.4) is 0 Å². The van der Waals surface area contributed by atoms with Gasteiger partial charge in [0, 0.05) is 0 Å². The molecule has 94 valence electrons. The van der Waals surface area contributed by atoms with Gasteiger partial charge in [0.1, 0.15) is 18.3 Å². The van der Waals surface area contributed by atoms with Crippen LogP contribution in [-0.2, 0) is 14.3 Å². The molecular formula is C9H17NO6. The monoisotopic (exact) mass is 235 g/mol. The molecular weight excluding hydrogens is 218 g/mol. The van der Waals surface area contributed by atoms with Crippen molar-refractivity contribution in [3.63, 3.8) is 0 Å². The second-order valence-corrected chi connectivity index (χ2v) is 3.43. The Morgan fingerprint density at radius 1 is 1.38 bits per heavy atom. The highest BCUT2D eigenvalue weighted by atomic mass is 16.7. The van der Waals surface area contributed by atoms with E-state index in [4.69, 9.17) is 20.5 Å². The van der Waals surface area contributed by atoms with Crippen LogP contribution < -0.4 is 5.90 Å². The van der Waals surface area contributed by atoms with E-state index in [1.165, 1.54) is 6.08 Å². The third-order valence-electron chi connectivity index (χ3n) is 2.36. The molecule has 1 rings (SSSR count). The lowest BCUT2D eigenvalue weighted by atomic mass is 9.99. The first-order valence-electron chi connectivity index (χ1n) is 4.86. The molecule has 1 unspecified atom stereocenters. The van der Waals surface area contributed by atoms with Gasteiger partial charge in [-0.3, -0.25) is 4.84 Å². The fraction of sp³-hybridized carbons (Fsp3) is 0.778. The average molecular weight is 235 g/mol. The molecule has 5 N–H and O–H groups in total. The third kappa shape index (κ3) is 2.77. The van der Waals surface area contributed by atoms with Gasteiger partial charge in [0.15, 0.2) is 12.4 Å². The zero-order valence-corrected chi connectivity index (χ0v) is 8.73. The van der Waals surface area contributed by atoms with E-state index in [0.29, 0.717) is 0 Å². The van der Waals surface area contributed by atoms with Gasteiger partial charge < -0.3 is 24.8 Å². The van der Waals surface area contributed by atoms with Crippen LogP contribution in [0.1, 0.15) is 0 Å².